The number of nitrogens with one attached hydrogen (secondary N) is 2. The van der Waals surface area contributed by atoms with E-state index in [9.17, 15) is 18.0 Å². The van der Waals surface area contributed by atoms with Gasteiger partial charge in [-0.15, -0.1) is 0 Å². The van der Waals surface area contributed by atoms with Gasteiger partial charge in [0.05, 0.1) is 10.5 Å². The molecule has 0 saturated heterocycles. The molecule has 0 radical (unpaired) electrons. The number of sulfonamides is 1. The molecular weight excluding hydrogens is 380 g/mol. The number of hydrogen-bond donors (Lipinski definition) is 2. The Kier molecular flexibility index (Phi) is 5.35. The third kappa shape index (κ3) is 3.69. The number of carbonyl (C=O) groups excluding carboxylic acids is 2. The van der Waals surface area contributed by atoms with Gasteiger partial charge in [0.15, 0.2) is 6.10 Å². The van der Waals surface area contributed by atoms with Crippen molar-refractivity contribution in [3.05, 3.63) is 65.4 Å². The highest BCUT2D eigenvalue weighted by atomic mass is 32.2. The van der Waals surface area contributed by atoms with E-state index in [1.807, 2.05) is 24.3 Å². The zero-order chi connectivity index (χ0) is 20.5. The first-order valence-electron chi connectivity index (χ1n) is 8.60. The van der Waals surface area contributed by atoms with Crippen LogP contribution in [0.4, 0.5) is 0 Å². The molecule has 0 fully saturated rings. The second kappa shape index (κ2) is 7.57. The summed E-state index contributed by atoms with van der Waals surface area (Å²) in [7, 11) is -2.29. The molecule has 0 aliphatic rings. The van der Waals surface area contributed by atoms with Crippen LogP contribution in [0, 0.1) is 6.92 Å². The van der Waals surface area contributed by atoms with Crippen LogP contribution in [-0.4, -0.2) is 38.3 Å². The van der Waals surface area contributed by atoms with Crippen LogP contribution in [0.3, 0.4) is 0 Å². The van der Waals surface area contributed by atoms with Crippen molar-refractivity contribution in [1.82, 2.24) is 9.71 Å². The summed E-state index contributed by atoms with van der Waals surface area (Å²) in [6.07, 6.45) is -0.994. The molecule has 3 rings (SSSR count). The number of carbonyl (C=O) groups is 2. The highest BCUT2D eigenvalue weighted by molar-refractivity contribution is 7.89. The van der Waals surface area contributed by atoms with Gasteiger partial charge in [-0.1, -0.05) is 18.2 Å². The standard InChI is InChI=1S/C20H20N2O5S/c1-12-18(16-6-4-5-7-17(16)22-12)19(23)13(2)27-20(24)14-8-10-15(11-9-14)28(25,26)21-3/h4-11,13,21-22H,1-3H3. The van der Waals surface area contributed by atoms with Gasteiger partial charge in [0, 0.05) is 22.2 Å². The van der Waals surface area contributed by atoms with Crippen LogP contribution in [0.2, 0.25) is 0 Å². The molecule has 1 aromatic heterocycles. The van der Waals surface area contributed by atoms with Gasteiger partial charge in [-0.2, -0.15) is 0 Å². The SMILES string of the molecule is CNS(=O)(=O)c1ccc(C(=O)OC(C)C(=O)c2c(C)[nH]c3ccccc23)cc1. The summed E-state index contributed by atoms with van der Waals surface area (Å²) in [6.45, 7) is 3.31. The third-order valence-corrected chi connectivity index (χ3v) is 5.89. The van der Waals surface area contributed by atoms with Gasteiger partial charge in [0.2, 0.25) is 15.8 Å². The molecular formula is C20H20N2O5S. The van der Waals surface area contributed by atoms with Crippen LogP contribution in [0.15, 0.2) is 53.4 Å². The number of fused-ring (bicyclic) bond motifs is 1. The Balaban J connectivity index is 1.78. The Hall–Kier alpha value is -2.97. The first kappa shape index (κ1) is 19.8. The number of aryl methyl sites for hydroxylation is 1. The maximum absolute atomic E-state index is 12.8. The number of aromatic nitrogens is 1. The smallest absolute Gasteiger partial charge is 0.338 e. The van der Waals surface area contributed by atoms with Crippen molar-refractivity contribution in [2.45, 2.75) is 24.8 Å². The quantitative estimate of drug-likeness (QED) is 0.489. The molecule has 0 amide bonds. The maximum Gasteiger partial charge on any atom is 0.338 e. The zero-order valence-corrected chi connectivity index (χ0v) is 16.5. The Morgan fingerprint density at radius 3 is 2.36 bits per heavy atom. The lowest BCUT2D eigenvalue weighted by Gasteiger charge is -2.13. The minimum absolute atomic E-state index is 0.0325. The predicted octanol–water partition coefficient (Wildman–Crippen LogP) is 2.81. The summed E-state index contributed by atoms with van der Waals surface area (Å²) in [6, 6.07) is 12.7. The number of para-hydroxylation sites is 1. The normalized spacial score (nSPS) is 12.7. The van der Waals surface area contributed by atoms with Crippen molar-refractivity contribution in [1.29, 1.82) is 0 Å². The van der Waals surface area contributed by atoms with Crippen molar-refractivity contribution in [2.75, 3.05) is 7.05 Å². The number of aromatic amines is 1. The number of esters is 1. The Morgan fingerprint density at radius 1 is 1.07 bits per heavy atom. The molecule has 0 spiro atoms. The lowest BCUT2D eigenvalue weighted by molar-refractivity contribution is 0.0319. The summed E-state index contributed by atoms with van der Waals surface area (Å²) in [5.41, 5.74) is 2.19. The summed E-state index contributed by atoms with van der Waals surface area (Å²) in [4.78, 5) is 28.4. The predicted molar refractivity (Wildman–Crippen MR) is 105 cm³/mol. The van der Waals surface area contributed by atoms with Crippen molar-refractivity contribution in [2.24, 2.45) is 0 Å². The number of ketones is 1. The van der Waals surface area contributed by atoms with Crippen LogP contribution in [0.5, 0.6) is 0 Å². The minimum atomic E-state index is -3.59. The lowest BCUT2D eigenvalue weighted by Crippen LogP contribution is -2.25. The van der Waals surface area contributed by atoms with E-state index in [0.717, 1.165) is 10.9 Å². The fraction of sp³-hybridized carbons (Fsp3) is 0.200. The number of rotatable bonds is 6. The van der Waals surface area contributed by atoms with E-state index in [1.165, 1.54) is 38.2 Å². The van der Waals surface area contributed by atoms with E-state index in [2.05, 4.69) is 9.71 Å². The van der Waals surface area contributed by atoms with Crippen LogP contribution < -0.4 is 4.72 Å². The molecule has 0 aliphatic heterocycles. The molecule has 28 heavy (non-hydrogen) atoms. The van der Waals surface area contributed by atoms with Crippen molar-refractivity contribution in [3.8, 4) is 0 Å². The van der Waals surface area contributed by atoms with Crippen LogP contribution in [0.25, 0.3) is 10.9 Å². The Labute approximate surface area is 162 Å². The number of Topliss-reactive ketones (excluding diaryl/α,β-unsaturated/α-hetero) is 1. The van der Waals surface area contributed by atoms with Gasteiger partial charge in [0.1, 0.15) is 0 Å². The molecule has 1 atom stereocenters. The third-order valence-electron chi connectivity index (χ3n) is 4.46. The molecule has 0 saturated carbocycles. The van der Waals surface area contributed by atoms with Gasteiger partial charge < -0.3 is 9.72 Å². The Bertz CT molecular complexity index is 1150. The average molecular weight is 400 g/mol. The monoisotopic (exact) mass is 400 g/mol. The molecule has 1 heterocycles. The van der Waals surface area contributed by atoms with Crippen molar-refractivity contribution < 1.29 is 22.7 Å². The van der Waals surface area contributed by atoms with Gasteiger partial charge in [0.25, 0.3) is 0 Å². The van der Waals surface area contributed by atoms with E-state index < -0.39 is 22.1 Å². The minimum Gasteiger partial charge on any atom is -0.451 e. The zero-order valence-electron chi connectivity index (χ0n) is 15.6. The largest absolute Gasteiger partial charge is 0.451 e. The molecule has 3 aromatic rings. The summed E-state index contributed by atoms with van der Waals surface area (Å²) in [5.74, 6) is -1.01. The van der Waals surface area contributed by atoms with E-state index in [1.54, 1.807) is 6.92 Å². The molecule has 7 nitrogen and oxygen atoms in total. The number of H-pyrrole nitrogens is 1. The van der Waals surface area contributed by atoms with Crippen LogP contribution in [-0.2, 0) is 14.8 Å². The van der Waals surface area contributed by atoms with Gasteiger partial charge in [-0.25, -0.2) is 17.9 Å². The molecule has 0 bridgehead atoms. The fourth-order valence-corrected chi connectivity index (χ4v) is 3.70. The first-order chi connectivity index (χ1) is 13.2. The fourth-order valence-electron chi connectivity index (χ4n) is 2.97. The van der Waals surface area contributed by atoms with Crippen molar-refractivity contribution in [3.63, 3.8) is 0 Å². The molecule has 1 unspecified atom stereocenters. The number of ether oxygens (including phenoxy) is 1. The molecule has 146 valence electrons. The van der Waals surface area contributed by atoms with E-state index in [0.29, 0.717) is 11.3 Å². The van der Waals surface area contributed by atoms with Crippen molar-refractivity contribution >= 4 is 32.7 Å². The average Bonchev–Trinajstić information content (AvgIpc) is 3.03. The number of benzene rings is 2. The molecule has 8 heteroatoms. The molecule has 2 aromatic carbocycles. The lowest BCUT2D eigenvalue weighted by atomic mass is 10.0. The first-order valence-corrected chi connectivity index (χ1v) is 10.1. The second-order valence-corrected chi connectivity index (χ2v) is 8.20. The summed E-state index contributed by atoms with van der Waals surface area (Å²) < 4.78 is 31.0. The van der Waals surface area contributed by atoms with Crippen LogP contribution in [0.1, 0.15) is 33.3 Å². The van der Waals surface area contributed by atoms with Gasteiger partial charge in [-0.05, 0) is 51.2 Å². The maximum atomic E-state index is 12.8. The molecule has 2 N–H and O–H groups in total. The van der Waals surface area contributed by atoms with E-state index in [4.69, 9.17) is 4.74 Å². The Morgan fingerprint density at radius 2 is 1.71 bits per heavy atom. The molecule has 0 aliphatic carbocycles. The van der Waals surface area contributed by atoms with Crippen LogP contribution >= 0.6 is 0 Å². The summed E-state index contributed by atoms with van der Waals surface area (Å²) >= 11 is 0. The van der Waals surface area contributed by atoms with Gasteiger partial charge in [-0.3, -0.25) is 4.79 Å². The topological polar surface area (TPSA) is 105 Å². The highest BCUT2D eigenvalue weighted by Crippen LogP contribution is 2.24. The number of hydrogen-bond acceptors (Lipinski definition) is 5. The summed E-state index contributed by atoms with van der Waals surface area (Å²) in [5, 5.41) is 0.773. The van der Waals surface area contributed by atoms with E-state index >= 15 is 0 Å². The highest BCUT2D eigenvalue weighted by Gasteiger charge is 2.25. The van der Waals surface area contributed by atoms with Gasteiger partial charge >= 0.3 is 5.97 Å². The second-order valence-electron chi connectivity index (χ2n) is 6.31. The van der Waals surface area contributed by atoms with E-state index in [-0.39, 0.29) is 16.2 Å².